The summed E-state index contributed by atoms with van der Waals surface area (Å²) < 4.78 is 5.17. The van der Waals surface area contributed by atoms with E-state index in [1.807, 2.05) is 27.7 Å². The molecule has 0 unspecified atom stereocenters. The van der Waals surface area contributed by atoms with E-state index in [2.05, 4.69) is 13.2 Å². The highest BCUT2D eigenvalue weighted by Gasteiger charge is 2.21. The molecule has 1 amide bonds. The minimum atomic E-state index is -0.494. The third-order valence-corrected chi connectivity index (χ3v) is 1.52. The number of carbonyl (C=O) groups is 1. The number of ether oxygens (including phenoxy) is 1. The maximum atomic E-state index is 11.6. The van der Waals surface area contributed by atoms with Gasteiger partial charge in [-0.2, -0.15) is 0 Å². The molecule has 0 aliphatic heterocycles. The van der Waals surface area contributed by atoms with Crippen molar-refractivity contribution in [2.24, 2.45) is 0 Å². The van der Waals surface area contributed by atoms with Crippen LogP contribution < -0.4 is 0 Å². The van der Waals surface area contributed by atoms with Gasteiger partial charge in [0.1, 0.15) is 5.60 Å². The van der Waals surface area contributed by atoms with Gasteiger partial charge in [0.15, 0.2) is 0 Å². The van der Waals surface area contributed by atoms with Crippen molar-refractivity contribution >= 4 is 6.09 Å². The molecule has 3 nitrogen and oxygen atoms in total. The molecule has 0 atom stereocenters. The Morgan fingerprint density at radius 2 is 2.00 bits per heavy atom. The smallest absolute Gasteiger partial charge is 0.418 e. The van der Waals surface area contributed by atoms with Crippen molar-refractivity contribution in [3.63, 3.8) is 0 Å². The van der Waals surface area contributed by atoms with Crippen LogP contribution in [0.25, 0.3) is 0 Å². The van der Waals surface area contributed by atoms with E-state index in [0.29, 0.717) is 12.1 Å². The zero-order valence-corrected chi connectivity index (χ0v) is 9.46. The van der Waals surface area contributed by atoms with Crippen molar-refractivity contribution in [3.8, 4) is 0 Å². The fraction of sp³-hybridized carbons (Fsp3) is 0.545. The quantitative estimate of drug-likeness (QED) is 0.694. The van der Waals surface area contributed by atoms with Crippen LogP contribution in [0.5, 0.6) is 0 Å². The number of allylic oxidation sites excluding steroid dienone is 1. The minimum Gasteiger partial charge on any atom is -0.443 e. The summed E-state index contributed by atoms with van der Waals surface area (Å²) in [6.45, 7) is 14.7. The first-order valence-corrected chi connectivity index (χ1v) is 4.64. The first-order valence-electron chi connectivity index (χ1n) is 4.64. The van der Waals surface area contributed by atoms with Crippen molar-refractivity contribution in [1.29, 1.82) is 0 Å². The summed E-state index contributed by atoms with van der Waals surface area (Å²) in [6.07, 6.45) is 1.67. The van der Waals surface area contributed by atoms with Gasteiger partial charge >= 0.3 is 6.09 Å². The van der Waals surface area contributed by atoms with Gasteiger partial charge in [0.25, 0.3) is 0 Å². The fourth-order valence-corrected chi connectivity index (χ4v) is 0.814. The van der Waals surface area contributed by atoms with Crippen molar-refractivity contribution in [2.45, 2.75) is 39.7 Å². The molecule has 0 aromatic rings. The van der Waals surface area contributed by atoms with Gasteiger partial charge in [0.2, 0.25) is 0 Å². The molecular weight excluding hydrogens is 178 g/mol. The Morgan fingerprint density at radius 1 is 1.50 bits per heavy atom. The second-order valence-corrected chi connectivity index (χ2v) is 3.95. The number of nitrogens with zero attached hydrogens (tertiary/aromatic N) is 1. The van der Waals surface area contributed by atoms with Crippen molar-refractivity contribution in [3.05, 3.63) is 25.1 Å². The van der Waals surface area contributed by atoms with Crippen LogP contribution in [-0.2, 0) is 4.74 Å². The van der Waals surface area contributed by atoms with E-state index in [1.54, 1.807) is 0 Å². The van der Waals surface area contributed by atoms with Crippen LogP contribution in [-0.4, -0.2) is 16.6 Å². The van der Waals surface area contributed by atoms with Crippen LogP contribution in [0, 0.1) is 0 Å². The molecule has 14 heavy (non-hydrogen) atoms. The highest BCUT2D eigenvalue weighted by atomic mass is 16.6. The van der Waals surface area contributed by atoms with E-state index in [0.717, 1.165) is 0 Å². The lowest BCUT2D eigenvalue weighted by atomic mass is 10.2. The second-order valence-electron chi connectivity index (χ2n) is 3.95. The molecule has 3 heteroatoms. The SMILES string of the molecule is C=CN(C(=C)CC)C(=O)OC(C)(C)C. The lowest BCUT2D eigenvalue weighted by Gasteiger charge is -2.25. The molecule has 0 saturated heterocycles. The monoisotopic (exact) mass is 197 g/mol. The Bertz CT molecular complexity index is 238. The van der Waals surface area contributed by atoms with Crippen LogP contribution in [0.3, 0.4) is 0 Å². The van der Waals surface area contributed by atoms with E-state index in [-0.39, 0.29) is 0 Å². The predicted octanol–water partition coefficient (Wildman–Crippen LogP) is 3.29. The molecule has 0 radical (unpaired) electrons. The first kappa shape index (κ1) is 12.8. The molecule has 0 spiro atoms. The highest BCUT2D eigenvalue weighted by Crippen LogP contribution is 2.14. The van der Waals surface area contributed by atoms with Gasteiger partial charge < -0.3 is 4.74 Å². The standard InChI is InChI=1S/C11H19NO2/c1-7-9(3)12(8-2)10(13)14-11(4,5)6/h8H,2-3,7H2,1,4-6H3. The van der Waals surface area contributed by atoms with Crippen molar-refractivity contribution < 1.29 is 9.53 Å². The molecule has 0 aromatic heterocycles. The molecule has 0 fully saturated rings. The maximum absolute atomic E-state index is 11.6. The summed E-state index contributed by atoms with van der Waals surface area (Å²) in [4.78, 5) is 12.9. The van der Waals surface area contributed by atoms with Crippen LogP contribution >= 0.6 is 0 Å². The third kappa shape index (κ3) is 4.12. The molecule has 0 saturated carbocycles. The Morgan fingerprint density at radius 3 is 2.29 bits per heavy atom. The largest absolute Gasteiger partial charge is 0.443 e. The summed E-state index contributed by atoms with van der Waals surface area (Å²) in [6, 6.07) is 0. The molecular formula is C11H19NO2. The van der Waals surface area contributed by atoms with Crippen LogP contribution in [0.4, 0.5) is 4.79 Å². The summed E-state index contributed by atoms with van der Waals surface area (Å²) in [5.41, 5.74) is 0.182. The van der Waals surface area contributed by atoms with E-state index < -0.39 is 11.7 Å². The van der Waals surface area contributed by atoms with Gasteiger partial charge in [0.05, 0.1) is 0 Å². The Kier molecular flexibility index (Phi) is 4.41. The number of hydrogen-bond donors (Lipinski definition) is 0. The zero-order valence-electron chi connectivity index (χ0n) is 9.46. The topological polar surface area (TPSA) is 29.5 Å². The van der Waals surface area contributed by atoms with Gasteiger partial charge in [-0.25, -0.2) is 4.79 Å². The number of rotatable bonds is 3. The number of hydrogen-bond acceptors (Lipinski definition) is 2. The molecule has 0 heterocycles. The van der Waals surface area contributed by atoms with E-state index in [9.17, 15) is 4.79 Å². The van der Waals surface area contributed by atoms with Gasteiger partial charge in [-0.05, 0) is 27.2 Å². The van der Waals surface area contributed by atoms with Crippen LogP contribution in [0.2, 0.25) is 0 Å². The summed E-state index contributed by atoms with van der Waals surface area (Å²) in [5.74, 6) is 0. The molecule has 0 rings (SSSR count). The summed E-state index contributed by atoms with van der Waals surface area (Å²) in [7, 11) is 0. The summed E-state index contributed by atoms with van der Waals surface area (Å²) in [5, 5.41) is 0. The number of amides is 1. The molecule has 0 aromatic carbocycles. The Hall–Kier alpha value is -1.25. The van der Waals surface area contributed by atoms with Crippen molar-refractivity contribution in [1.82, 2.24) is 4.90 Å². The molecule has 0 bridgehead atoms. The molecule has 0 aliphatic rings. The van der Waals surface area contributed by atoms with Crippen LogP contribution in [0.15, 0.2) is 25.1 Å². The lowest BCUT2D eigenvalue weighted by molar-refractivity contribution is 0.0381. The van der Waals surface area contributed by atoms with E-state index >= 15 is 0 Å². The Labute approximate surface area is 86.0 Å². The van der Waals surface area contributed by atoms with Crippen LogP contribution in [0.1, 0.15) is 34.1 Å². The van der Waals surface area contributed by atoms with Gasteiger partial charge in [-0.15, -0.1) is 0 Å². The first-order chi connectivity index (χ1) is 6.31. The average Bonchev–Trinajstić information content (AvgIpc) is 2.01. The fourth-order valence-electron chi connectivity index (χ4n) is 0.814. The molecule has 0 N–H and O–H groups in total. The average molecular weight is 197 g/mol. The minimum absolute atomic E-state index is 0.431. The molecule has 0 aliphatic carbocycles. The normalized spacial score (nSPS) is 10.6. The lowest BCUT2D eigenvalue weighted by Crippen LogP contribution is -2.32. The van der Waals surface area contributed by atoms with Gasteiger partial charge in [0, 0.05) is 11.9 Å². The Balaban J connectivity index is 4.48. The van der Waals surface area contributed by atoms with Gasteiger partial charge in [-0.1, -0.05) is 20.1 Å². The summed E-state index contributed by atoms with van der Waals surface area (Å²) >= 11 is 0. The van der Waals surface area contributed by atoms with Crippen molar-refractivity contribution in [2.75, 3.05) is 0 Å². The number of carbonyl (C=O) groups excluding carboxylic acids is 1. The molecule has 80 valence electrons. The van der Waals surface area contributed by atoms with Gasteiger partial charge in [-0.3, -0.25) is 4.90 Å². The van der Waals surface area contributed by atoms with E-state index in [4.69, 9.17) is 4.74 Å². The second kappa shape index (κ2) is 4.84. The zero-order chi connectivity index (χ0) is 11.4. The van der Waals surface area contributed by atoms with E-state index in [1.165, 1.54) is 11.1 Å². The third-order valence-electron chi connectivity index (χ3n) is 1.52. The predicted molar refractivity (Wildman–Crippen MR) is 57.7 cm³/mol. The maximum Gasteiger partial charge on any atom is 0.418 e. The highest BCUT2D eigenvalue weighted by molar-refractivity contribution is 5.71.